The summed E-state index contributed by atoms with van der Waals surface area (Å²) in [6, 6.07) is 9.28. The number of benzene rings is 1. The molecule has 0 unspecified atom stereocenters. The smallest absolute Gasteiger partial charge is 0.416 e. The van der Waals surface area contributed by atoms with Crippen LogP contribution in [0.1, 0.15) is 16.8 Å². The molecule has 0 radical (unpaired) electrons. The van der Waals surface area contributed by atoms with E-state index in [1.807, 2.05) is 23.2 Å². The Morgan fingerprint density at radius 1 is 1.03 bits per heavy atom. The van der Waals surface area contributed by atoms with Gasteiger partial charge < -0.3 is 14.5 Å². The third kappa shape index (κ3) is 3.97. The van der Waals surface area contributed by atoms with Crippen LogP contribution in [-0.2, 0) is 19.1 Å². The van der Waals surface area contributed by atoms with Gasteiger partial charge in [0.15, 0.2) is 0 Å². The lowest BCUT2D eigenvalue weighted by molar-refractivity contribution is -0.137. The molecular weight excluding hydrogens is 481 g/mol. The predicted octanol–water partition coefficient (Wildman–Crippen LogP) is 5.19. The van der Waals surface area contributed by atoms with Gasteiger partial charge >= 0.3 is 6.18 Å². The first-order chi connectivity index (χ1) is 16.9. The third-order valence-electron chi connectivity index (χ3n) is 6.21. The normalized spacial score (nSPS) is 15.5. The molecule has 178 valence electrons. The predicted molar refractivity (Wildman–Crippen MR) is 125 cm³/mol. The van der Waals surface area contributed by atoms with Crippen LogP contribution in [0, 0.1) is 0 Å². The van der Waals surface area contributed by atoms with Crippen LogP contribution >= 0.6 is 11.6 Å². The number of rotatable bonds is 2. The van der Waals surface area contributed by atoms with Gasteiger partial charge in [-0.2, -0.15) is 18.2 Å². The van der Waals surface area contributed by atoms with Gasteiger partial charge in [0, 0.05) is 36.8 Å². The van der Waals surface area contributed by atoms with Crippen LogP contribution in [0.25, 0.3) is 10.9 Å². The van der Waals surface area contributed by atoms with Crippen molar-refractivity contribution in [3.63, 3.8) is 0 Å². The summed E-state index contributed by atoms with van der Waals surface area (Å²) < 4.78 is 45.8. The maximum absolute atomic E-state index is 13.4. The van der Waals surface area contributed by atoms with Crippen molar-refractivity contribution in [3.8, 4) is 5.88 Å². The number of aromatic nitrogens is 4. The number of fused-ring (bicyclic) bond motifs is 3. The van der Waals surface area contributed by atoms with E-state index in [-0.39, 0.29) is 5.28 Å². The van der Waals surface area contributed by atoms with Crippen molar-refractivity contribution in [1.29, 1.82) is 0 Å². The van der Waals surface area contributed by atoms with Crippen molar-refractivity contribution in [3.05, 3.63) is 70.9 Å². The second-order valence-corrected chi connectivity index (χ2v) is 8.68. The van der Waals surface area contributed by atoms with Crippen molar-refractivity contribution < 1.29 is 17.9 Å². The number of ether oxygens (including phenoxy) is 1. The van der Waals surface area contributed by atoms with E-state index in [0.29, 0.717) is 55.3 Å². The molecule has 2 aliphatic rings. The fourth-order valence-corrected chi connectivity index (χ4v) is 4.74. The molecular formula is C24H18ClF3N6O. The first kappa shape index (κ1) is 21.8. The molecule has 4 aromatic rings. The number of hydrogen-bond donors (Lipinski definition) is 0. The van der Waals surface area contributed by atoms with Gasteiger partial charge in [-0.1, -0.05) is 0 Å². The molecule has 5 heterocycles. The zero-order valence-electron chi connectivity index (χ0n) is 18.3. The lowest BCUT2D eigenvalue weighted by atomic mass is 10.0. The van der Waals surface area contributed by atoms with Crippen LogP contribution < -0.4 is 14.5 Å². The first-order valence-corrected chi connectivity index (χ1v) is 11.4. The SMILES string of the molecule is FC(F)(F)c1ccc2nc(Cl)nc(N3CCc4ncc(N5CCOc6ncccc65)cc4C3)c2c1. The fourth-order valence-electron chi connectivity index (χ4n) is 4.57. The van der Waals surface area contributed by atoms with Gasteiger partial charge in [-0.05, 0) is 53.6 Å². The van der Waals surface area contributed by atoms with E-state index >= 15 is 0 Å². The molecule has 0 bridgehead atoms. The largest absolute Gasteiger partial charge is 0.474 e. The number of nitrogens with zero attached hydrogens (tertiary/aromatic N) is 6. The minimum absolute atomic E-state index is 0.0117. The summed E-state index contributed by atoms with van der Waals surface area (Å²) in [4.78, 5) is 21.5. The minimum Gasteiger partial charge on any atom is -0.474 e. The highest BCUT2D eigenvalue weighted by atomic mass is 35.5. The highest BCUT2D eigenvalue weighted by Gasteiger charge is 2.32. The van der Waals surface area contributed by atoms with Crippen LogP contribution in [0.4, 0.5) is 30.4 Å². The Labute approximate surface area is 203 Å². The quantitative estimate of drug-likeness (QED) is 0.352. The van der Waals surface area contributed by atoms with Gasteiger partial charge in [0.25, 0.3) is 0 Å². The molecule has 0 saturated heterocycles. The van der Waals surface area contributed by atoms with Gasteiger partial charge in [-0.25, -0.2) is 9.97 Å². The Kier molecular flexibility index (Phi) is 5.14. The number of anilines is 3. The second-order valence-electron chi connectivity index (χ2n) is 8.34. The van der Waals surface area contributed by atoms with Crippen molar-refractivity contribution >= 4 is 39.7 Å². The Morgan fingerprint density at radius 3 is 2.77 bits per heavy atom. The molecule has 0 N–H and O–H groups in total. The van der Waals surface area contributed by atoms with E-state index in [4.69, 9.17) is 16.3 Å². The fraction of sp³-hybridized carbons (Fsp3) is 0.250. The second kappa shape index (κ2) is 8.23. The number of hydrogen-bond acceptors (Lipinski definition) is 7. The monoisotopic (exact) mass is 498 g/mol. The molecule has 2 aliphatic heterocycles. The van der Waals surface area contributed by atoms with Gasteiger partial charge in [-0.15, -0.1) is 0 Å². The molecule has 0 spiro atoms. The molecule has 6 rings (SSSR count). The topological polar surface area (TPSA) is 67.3 Å². The van der Waals surface area contributed by atoms with E-state index in [2.05, 4.69) is 30.9 Å². The molecule has 0 atom stereocenters. The van der Waals surface area contributed by atoms with Gasteiger partial charge in [0.1, 0.15) is 18.1 Å². The molecule has 0 amide bonds. The van der Waals surface area contributed by atoms with E-state index < -0.39 is 11.7 Å². The Hall–Kier alpha value is -3.66. The summed E-state index contributed by atoms with van der Waals surface area (Å²) >= 11 is 6.14. The van der Waals surface area contributed by atoms with E-state index in [1.165, 1.54) is 6.07 Å². The summed E-state index contributed by atoms with van der Waals surface area (Å²) in [7, 11) is 0. The van der Waals surface area contributed by atoms with Gasteiger partial charge in [-0.3, -0.25) is 4.98 Å². The molecule has 3 aromatic heterocycles. The Bertz CT molecular complexity index is 1450. The van der Waals surface area contributed by atoms with E-state index in [0.717, 1.165) is 34.8 Å². The minimum atomic E-state index is -4.47. The van der Waals surface area contributed by atoms with E-state index in [1.54, 1.807) is 6.20 Å². The zero-order valence-corrected chi connectivity index (χ0v) is 19.0. The summed E-state index contributed by atoms with van der Waals surface area (Å²) in [5.41, 5.74) is 3.29. The summed E-state index contributed by atoms with van der Waals surface area (Å²) in [6.07, 6.45) is -0.323. The van der Waals surface area contributed by atoms with Crippen molar-refractivity contribution in [1.82, 2.24) is 19.9 Å². The number of alkyl halides is 3. The maximum Gasteiger partial charge on any atom is 0.416 e. The van der Waals surface area contributed by atoms with Crippen LogP contribution in [0.3, 0.4) is 0 Å². The first-order valence-electron chi connectivity index (χ1n) is 11.0. The summed E-state index contributed by atoms with van der Waals surface area (Å²) in [5, 5.41) is 0.298. The van der Waals surface area contributed by atoms with Gasteiger partial charge in [0.05, 0.1) is 29.5 Å². The molecule has 7 nitrogen and oxygen atoms in total. The average molecular weight is 499 g/mol. The van der Waals surface area contributed by atoms with Crippen molar-refractivity contribution in [2.75, 3.05) is 29.5 Å². The van der Waals surface area contributed by atoms with Crippen LogP contribution in [0.2, 0.25) is 5.28 Å². The van der Waals surface area contributed by atoms with Crippen LogP contribution in [0.5, 0.6) is 5.88 Å². The van der Waals surface area contributed by atoms with E-state index in [9.17, 15) is 13.2 Å². The molecule has 0 saturated carbocycles. The number of halogens is 4. The standard InChI is InChI=1S/C24H18ClF3N6O/c25-23-31-19-4-3-15(24(26,27)28)11-17(19)21(32-23)33-7-5-18-14(13-33)10-16(12-30-18)34-8-9-35-22-20(34)2-1-6-29-22/h1-4,6,10-12H,5,7-9,13H2. The molecule has 35 heavy (non-hydrogen) atoms. The number of pyridine rings is 2. The Morgan fingerprint density at radius 2 is 1.91 bits per heavy atom. The Balaban J connectivity index is 1.38. The molecule has 0 fully saturated rings. The highest BCUT2D eigenvalue weighted by molar-refractivity contribution is 6.28. The lowest BCUT2D eigenvalue weighted by Crippen LogP contribution is -2.33. The average Bonchev–Trinajstić information content (AvgIpc) is 2.86. The lowest BCUT2D eigenvalue weighted by Gasteiger charge is -2.33. The molecule has 11 heteroatoms. The van der Waals surface area contributed by atoms with Crippen LogP contribution in [-0.4, -0.2) is 39.6 Å². The summed E-state index contributed by atoms with van der Waals surface area (Å²) in [5.74, 6) is 0.948. The highest BCUT2D eigenvalue weighted by Crippen LogP contribution is 2.38. The van der Waals surface area contributed by atoms with Gasteiger partial charge in [0.2, 0.25) is 11.2 Å². The molecule has 1 aromatic carbocycles. The van der Waals surface area contributed by atoms with Crippen LogP contribution in [0.15, 0.2) is 48.8 Å². The van der Waals surface area contributed by atoms with Crippen molar-refractivity contribution in [2.45, 2.75) is 19.1 Å². The maximum atomic E-state index is 13.4. The third-order valence-corrected chi connectivity index (χ3v) is 6.38. The van der Waals surface area contributed by atoms with Crippen molar-refractivity contribution in [2.24, 2.45) is 0 Å². The molecule has 0 aliphatic carbocycles. The summed E-state index contributed by atoms with van der Waals surface area (Å²) in [6.45, 7) is 2.12. The zero-order chi connectivity index (χ0) is 24.2.